The SMILES string of the molecule is COc1ccc(S(=O)(=O)N2CCCC(N(C)C)C2)c(N)c1. The summed E-state index contributed by atoms with van der Waals surface area (Å²) in [4.78, 5) is 2.22. The van der Waals surface area contributed by atoms with Gasteiger partial charge in [-0.05, 0) is 39.1 Å². The summed E-state index contributed by atoms with van der Waals surface area (Å²) >= 11 is 0. The van der Waals surface area contributed by atoms with Crippen LogP contribution in [0.4, 0.5) is 5.69 Å². The van der Waals surface area contributed by atoms with Crippen molar-refractivity contribution in [2.75, 3.05) is 40.0 Å². The maximum absolute atomic E-state index is 12.8. The third-order valence-corrected chi connectivity index (χ3v) is 5.86. The Morgan fingerprint density at radius 2 is 2.10 bits per heavy atom. The molecule has 0 amide bonds. The summed E-state index contributed by atoms with van der Waals surface area (Å²) in [5, 5.41) is 0. The number of sulfonamides is 1. The molecule has 1 aliphatic heterocycles. The Morgan fingerprint density at radius 1 is 1.38 bits per heavy atom. The summed E-state index contributed by atoms with van der Waals surface area (Å²) in [6, 6.07) is 4.92. The normalized spacial score (nSPS) is 20.7. The molecule has 0 aromatic heterocycles. The fourth-order valence-electron chi connectivity index (χ4n) is 2.59. The Labute approximate surface area is 126 Å². The number of nitrogen functional groups attached to an aromatic ring is 1. The molecular formula is C14H23N3O3S. The molecule has 21 heavy (non-hydrogen) atoms. The number of piperidine rings is 1. The zero-order valence-corrected chi connectivity index (χ0v) is 13.6. The number of nitrogens with two attached hydrogens (primary N) is 1. The lowest BCUT2D eigenvalue weighted by Crippen LogP contribution is -2.47. The minimum Gasteiger partial charge on any atom is -0.497 e. The number of nitrogens with zero attached hydrogens (tertiary/aromatic N) is 2. The largest absolute Gasteiger partial charge is 0.497 e. The van der Waals surface area contributed by atoms with Gasteiger partial charge in [-0.2, -0.15) is 4.31 Å². The molecule has 2 rings (SSSR count). The van der Waals surface area contributed by atoms with Crippen LogP contribution in [-0.2, 0) is 10.0 Å². The first-order valence-corrected chi connectivity index (χ1v) is 8.40. The van der Waals surface area contributed by atoms with Gasteiger partial charge in [0.2, 0.25) is 10.0 Å². The first kappa shape index (κ1) is 16.1. The lowest BCUT2D eigenvalue weighted by Gasteiger charge is -2.35. The molecule has 1 atom stereocenters. The lowest BCUT2D eigenvalue weighted by molar-refractivity contribution is 0.190. The van der Waals surface area contributed by atoms with Crippen LogP contribution < -0.4 is 10.5 Å². The average Bonchev–Trinajstić information content (AvgIpc) is 2.46. The standard InChI is InChI=1S/C14H23N3O3S/c1-16(2)11-5-4-8-17(10-11)21(18,19)14-7-6-12(20-3)9-13(14)15/h6-7,9,11H,4-5,8,10,15H2,1-3H3. The van der Waals surface area contributed by atoms with Crippen LogP contribution in [0.5, 0.6) is 5.75 Å². The Morgan fingerprint density at radius 3 is 2.67 bits per heavy atom. The second-order valence-corrected chi connectivity index (χ2v) is 7.43. The summed E-state index contributed by atoms with van der Waals surface area (Å²) in [6.45, 7) is 1.04. The van der Waals surface area contributed by atoms with E-state index in [0.29, 0.717) is 18.8 Å². The first-order valence-electron chi connectivity index (χ1n) is 6.96. The molecule has 6 nitrogen and oxygen atoms in total. The zero-order valence-electron chi connectivity index (χ0n) is 12.7. The van der Waals surface area contributed by atoms with Gasteiger partial charge in [-0.3, -0.25) is 0 Å². The molecular weight excluding hydrogens is 290 g/mol. The van der Waals surface area contributed by atoms with Gasteiger partial charge in [0.1, 0.15) is 10.6 Å². The minimum atomic E-state index is -3.56. The second kappa shape index (κ2) is 6.21. The van der Waals surface area contributed by atoms with Crippen molar-refractivity contribution >= 4 is 15.7 Å². The van der Waals surface area contributed by atoms with Gasteiger partial charge in [0.15, 0.2) is 0 Å². The van der Waals surface area contributed by atoms with Gasteiger partial charge in [-0.25, -0.2) is 8.42 Å². The number of anilines is 1. The van der Waals surface area contributed by atoms with Gasteiger partial charge < -0.3 is 15.4 Å². The topological polar surface area (TPSA) is 75.9 Å². The van der Waals surface area contributed by atoms with E-state index in [1.54, 1.807) is 12.1 Å². The summed E-state index contributed by atoms with van der Waals surface area (Å²) < 4.78 is 32.1. The van der Waals surface area contributed by atoms with E-state index in [9.17, 15) is 8.42 Å². The van der Waals surface area contributed by atoms with E-state index in [0.717, 1.165) is 12.8 Å². The number of hydrogen-bond donors (Lipinski definition) is 1. The summed E-state index contributed by atoms with van der Waals surface area (Å²) in [5.41, 5.74) is 6.11. The molecule has 1 aromatic rings. The highest BCUT2D eigenvalue weighted by Crippen LogP contribution is 2.28. The van der Waals surface area contributed by atoms with Crippen LogP contribution in [0, 0.1) is 0 Å². The third kappa shape index (κ3) is 3.30. The first-order chi connectivity index (χ1) is 9.86. The predicted molar refractivity (Wildman–Crippen MR) is 82.9 cm³/mol. The fraction of sp³-hybridized carbons (Fsp3) is 0.571. The maximum atomic E-state index is 12.8. The highest BCUT2D eigenvalue weighted by Gasteiger charge is 2.32. The Hall–Kier alpha value is -1.31. The van der Waals surface area contributed by atoms with E-state index in [-0.39, 0.29) is 16.6 Å². The molecule has 1 saturated heterocycles. The molecule has 1 heterocycles. The summed E-state index contributed by atoms with van der Waals surface area (Å²) in [6.07, 6.45) is 1.87. The predicted octanol–water partition coefficient (Wildman–Crippen LogP) is 0.992. The molecule has 1 aromatic carbocycles. The molecule has 7 heteroatoms. The molecule has 0 saturated carbocycles. The molecule has 1 unspecified atom stereocenters. The van der Waals surface area contributed by atoms with E-state index >= 15 is 0 Å². The van der Waals surface area contributed by atoms with Crippen molar-refractivity contribution < 1.29 is 13.2 Å². The number of methoxy groups -OCH3 is 1. The van der Waals surface area contributed by atoms with Crippen LogP contribution in [0.2, 0.25) is 0 Å². The van der Waals surface area contributed by atoms with Gasteiger partial charge in [0.25, 0.3) is 0 Å². The van der Waals surface area contributed by atoms with Gasteiger partial charge in [-0.1, -0.05) is 0 Å². The van der Waals surface area contributed by atoms with Crippen molar-refractivity contribution in [2.45, 2.75) is 23.8 Å². The molecule has 0 bridgehead atoms. The van der Waals surface area contributed by atoms with Crippen molar-refractivity contribution in [3.8, 4) is 5.75 Å². The second-order valence-electron chi connectivity index (χ2n) is 5.53. The Balaban J connectivity index is 2.29. The van der Waals surface area contributed by atoms with Crippen LogP contribution >= 0.6 is 0 Å². The molecule has 0 spiro atoms. The minimum absolute atomic E-state index is 0.155. The van der Waals surface area contributed by atoms with Crippen molar-refractivity contribution in [2.24, 2.45) is 0 Å². The summed E-state index contributed by atoms with van der Waals surface area (Å²) in [7, 11) is 1.91. The van der Waals surface area contributed by atoms with Gasteiger partial charge in [-0.15, -0.1) is 0 Å². The Bertz CT molecular complexity index is 601. The average molecular weight is 313 g/mol. The zero-order chi connectivity index (χ0) is 15.6. The Kier molecular flexibility index (Phi) is 4.75. The van der Waals surface area contributed by atoms with E-state index in [1.807, 2.05) is 14.1 Å². The van der Waals surface area contributed by atoms with E-state index in [2.05, 4.69) is 4.90 Å². The molecule has 2 N–H and O–H groups in total. The molecule has 1 fully saturated rings. The molecule has 0 aliphatic carbocycles. The molecule has 118 valence electrons. The van der Waals surface area contributed by atoms with Crippen LogP contribution in [0.15, 0.2) is 23.1 Å². The van der Waals surface area contributed by atoms with Crippen LogP contribution in [0.3, 0.4) is 0 Å². The fourth-order valence-corrected chi connectivity index (χ4v) is 4.20. The number of hydrogen-bond acceptors (Lipinski definition) is 5. The molecule has 1 aliphatic rings. The van der Waals surface area contributed by atoms with E-state index in [4.69, 9.17) is 10.5 Å². The van der Waals surface area contributed by atoms with Crippen LogP contribution in [0.25, 0.3) is 0 Å². The maximum Gasteiger partial charge on any atom is 0.245 e. The monoisotopic (exact) mass is 313 g/mol. The highest BCUT2D eigenvalue weighted by molar-refractivity contribution is 7.89. The van der Waals surface area contributed by atoms with Crippen LogP contribution in [-0.4, -0.2) is 58.0 Å². The van der Waals surface area contributed by atoms with Crippen LogP contribution in [0.1, 0.15) is 12.8 Å². The number of benzene rings is 1. The van der Waals surface area contributed by atoms with Crippen molar-refractivity contribution in [3.63, 3.8) is 0 Å². The van der Waals surface area contributed by atoms with Gasteiger partial charge in [0.05, 0.1) is 12.8 Å². The summed E-state index contributed by atoms with van der Waals surface area (Å²) in [5.74, 6) is 0.552. The van der Waals surface area contributed by atoms with Crippen molar-refractivity contribution in [1.82, 2.24) is 9.21 Å². The van der Waals surface area contributed by atoms with E-state index in [1.165, 1.54) is 17.5 Å². The number of ether oxygens (including phenoxy) is 1. The number of likely N-dealkylation sites (N-methyl/N-ethyl adjacent to an activating group) is 1. The number of rotatable bonds is 4. The van der Waals surface area contributed by atoms with Gasteiger partial charge in [0, 0.05) is 25.2 Å². The molecule has 0 radical (unpaired) electrons. The lowest BCUT2D eigenvalue weighted by atomic mass is 10.1. The third-order valence-electron chi connectivity index (χ3n) is 3.92. The van der Waals surface area contributed by atoms with Crippen molar-refractivity contribution in [1.29, 1.82) is 0 Å². The quantitative estimate of drug-likeness (QED) is 0.839. The highest BCUT2D eigenvalue weighted by atomic mass is 32.2. The van der Waals surface area contributed by atoms with Gasteiger partial charge >= 0.3 is 0 Å². The van der Waals surface area contributed by atoms with Crippen molar-refractivity contribution in [3.05, 3.63) is 18.2 Å². The van der Waals surface area contributed by atoms with E-state index < -0.39 is 10.0 Å². The smallest absolute Gasteiger partial charge is 0.245 e.